The van der Waals surface area contributed by atoms with Crippen LogP contribution in [0.25, 0.3) is 0 Å². The Balaban J connectivity index is 0.00000420. The summed E-state index contributed by atoms with van der Waals surface area (Å²) >= 11 is 1.67. The van der Waals surface area contributed by atoms with Crippen molar-refractivity contribution in [1.29, 1.82) is 0 Å². The van der Waals surface area contributed by atoms with E-state index >= 15 is 0 Å². The van der Waals surface area contributed by atoms with Gasteiger partial charge < -0.3 is 20.3 Å². The van der Waals surface area contributed by atoms with Crippen molar-refractivity contribution in [2.24, 2.45) is 4.99 Å². The highest BCUT2D eigenvalue weighted by atomic mass is 127. The first-order valence-corrected chi connectivity index (χ1v) is 10.6. The first kappa shape index (κ1) is 25.6. The maximum Gasteiger partial charge on any atom is 0.191 e. The van der Waals surface area contributed by atoms with Gasteiger partial charge in [-0.15, -0.1) is 35.3 Å². The zero-order valence-electron chi connectivity index (χ0n) is 18.2. The molecule has 8 heteroatoms. The van der Waals surface area contributed by atoms with Gasteiger partial charge in [0.25, 0.3) is 0 Å². The monoisotopic (exact) mass is 531 g/mol. The number of likely N-dealkylation sites (N-methyl/N-ethyl adjacent to an activating group) is 1. The van der Waals surface area contributed by atoms with Crippen LogP contribution < -0.4 is 15.4 Å². The first-order valence-electron chi connectivity index (χ1n) is 9.72. The number of methoxy groups -OCH3 is 1. The van der Waals surface area contributed by atoms with Gasteiger partial charge in [-0.3, -0.25) is 0 Å². The van der Waals surface area contributed by atoms with Crippen molar-refractivity contribution in [3.05, 3.63) is 45.9 Å². The van der Waals surface area contributed by atoms with Gasteiger partial charge in [0.15, 0.2) is 5.96 Å². The molecule has 2 aromatic rings. The number of ether oxygens (including phenoxy) is 1. The average molecular weight is 532 g/mol. The Morgan fingerprint density at radius 2 is 1.97 bits per heavy atom. The number of nitrogens with zero attached hydrogens (tertiary/aromatic N) is 3. The normalized spacial score (nSPS) is 12.6. The van der Waals surface area contributed by atoms with Gasteiger partial charge in [0.2, 0.25) is 0 Å². The van der Waals surface area contributed by atoms with Crippen molar-refractivity contribution in [3.63, 3.8) is 0 Å². The van der Waals surface area contributed by atoms with E-state index in [2.05, 4.69) is 66.8 Å². The topological polar surface area (TPSA) is 61.8 Å². The third kappa shape index (κ3) is 7.75. The molecular formula is C21H34IN5OS. The van der Waals surface area contributed by atoms with E-state index in [1.165, 1.54) is 0 Å². The molecule has 1 heterocycles. The number of para-hydroxylation sites is 1. The number of benzene rings is 1. The number of aromatic nitrogens is 1. The summed E-state index contributed by atoms with van der Waals surface area (Å²) < 4.78 is 5.55. The molecule has 6 nitrogen and oxygen atoms in total. The van der Waals surface area contributed by atoms with Crippen LogP contribution in [-0.2, 0) is 6.54 Å². The van der Waals surface area contributed by atoms with Gasteiger partial charge in [0, 0.05) is 24.0 Å². The Morgan fingerprint density at radius 1 is 1.24 bits per heavy atom. The fraction of sp³-hybridized carbons (Fsp3) is 0.524. The molecule has 1 atom stereocenters. The first-order chi connectivity index (χ1) is 13.5. The lowest BCUT2D eigenvalue weighted by Gasteiger charge is -2.27. The van der Waals surface area contributed by atoms with E-state index in [4.69, 9.17) is 9.73 Å². The predicted octanol–water partition coefficient (Wildman–Crippen LogP) is 4.25. The Labute approximate surface area is 196 Å². The molecule has 0 saturated carbocycles. The van der Waals surface area contributed by atoms with Gasteiger partial charge in [-0.1, -0.05) is 32.0 Å². The van der Waals surface area contributed by atoms with Gasteiger partial charge in [-0.2, -0.15) is 0 Å². The van der Waals surface area contributed by atoms with Crippen molar-refractivity contribution in [2.45, 2.75) is 39.3 Å². The Bertz CT molecular complexity index is 763. The van der Waals surface area contributed by atoms with Crippen LogP contribution in [0.15, 0.2) is 34.6 Å². The molecule has 0 bridgehead atoms. The molecule has 0 radical (unpaired) electrons. The minimum atomic E-state index is 0. The zero-order valence-corrected chi connectivity index (χ0v) is 21.4. The lowest BCUT2D eigenvalue weighted by molar-refractivity contribution is 0.287. The number of halogens is 1. The standard InChI is InChI=1S/C21H33N5OS.HI/c1-7-22-21(24-13-20-25-17(14-28-20)15(2)3)23-12-18(26(4)5)16-10-8-9-11-19(16)27-6;/h8-11,14-15,18H,7,12-13H2,1-6H3,(H2,22,23,24);1H. The largest absolute Gasteiger partial charge is 0.496 e. The highest BCUT2D eigenvalue weighted by molar-refractivity contribution is 14.0. The summed E-state index contributed by atoms with van der Waals surface area (Å²) in [5.74, 6) is 2.14. The minimum absolute atomic E-state index is 0. The second-order valence-electron chi connectivity index (χ2n) is 7.12. The van der Waals surface area contributed by atoms with E-state index in [0.717, 1.165) is 34.5 Å². The SMILES string of the molecule is CCNC(=NCc1nc(C(C)C)cs1)NCC(c1ccccc1OC)N(C)C.I. The molecule has 0 aliphatic carbocycles. The second-order valence-corrected chi connectivity index (χ2v) is 8.06. The molecule has 29 heavy (non-hydrogen) atoms. The van der Waals surface area contributed by atoms with Crippen LogP contribution in [0, 0.1) is 0 Å². The molecule has 0 aliphatic rings. The predicted molar refractivity (Wildman–Crippen MR) is 134 cm³/mol. The number of aliphatic imine (C=N–C) groups is 1. The summed E-state index contributed by atoms with van der Waals surface area (Å²) in [7, 11) is 5.86. The van der Waals surface area contributed by atoms with Crippen LogP contribution in [0.5, 0.6) is 5.75 Å². The summed E-state index contributed by atoms with van der Waals surface area (Å²) in [5.41, 5.74) is 2.29. The van der Waals surface area contributed by atoms with Crippen molar-refractivity contribution < 1.29 is 4.74 Å². The molecule has 1 unspecified atom stereocenters. The summed E-state index contributed by atoms with van der Waals surface area (Å²) in [6.45, 7) is 8.49. The smallest absolute Gasteiger partial charge is 0.191 e. The molecular weight excluding hydrogens is 497 g/mol. The highest BCUT2D eigenvalue weighted by Crippen LogP contribution is 2.27. The van der Waals surface area contributed by atoms with Gasteiger partial charge in [-0.05, 0) is 33.0 Å². The third-order valence-corrected chi connectivity index (χ3v) is 5.31. The molecule has 2 N–H and O–H groups in total. The van der Waals surface area contributed by atoms with Crippen molar-refractivity contribution in [1.82, 2.24) is 20.5 Å². The van der Waals surface area contributed by atoms with Crippen molar-refractivity contribution in [3.8, 4) is 5.75 Å². The molecule has 0 fully saturated rings. The van der Waals surface area contributed by atoms with Crippen LogP contribution in [0.2, 0.25) is 0 Å². The molecule has 0 aliphatic heterocycles. The molecule has 0 amide bonds. The third-order valence-electron chi connectivity index (χ3n) is 4.46. The maximum atomic E-state index is 5.55. The fourth-order valence-electron chi connectivity index (χ4n) is 2.86. The average Bonchev–Trinajstić information content (AvgIpc) is 3.15. The number of guanidine groups is 1. The second kappa shape index (κ2) is 13.0. The van der Waals surface area contributed by atoms with Crippen molar-refractivity contribution >= 4 is 41.3 Å². The quantitative estimate of drug-likeness (QED) is 0.288. The van der Waals surface area contributed by atoms with Gasteiger partial charge in [0.05, 0.1) is 25.4 Å². The number of hydrogen-bond donors (Lipinski definition) is 2. The molecule has 0 saturated heterocycles. The lowest BCUT2D eigenvalue weighted by atomic mass is 10.0. The number of rotatable bonds is 9. The molecule has 1 aromatic carbocycles. The zero-order chi connectivity index (χ0) is 20.5. The van der Waals surface area contributed by atoms with Crippen LogP contribution >= 0.6 is 35.3 Å². The molecule has 1 aromatic heterocycles. The van der Waals surface area contributed by atoms with E-state index in [9.17, 15) is 0 Å². The van der Waals surface area contributed by atoms with E-state index in [1.807, 2.05) is 18.2 Å². The Hall–Kier alpha value is -1.39. The highest BCUT2D eigenvalue weighted by Gasteiger charge is 2.18. The lowest BCUT2D eigenvalue weighted by Crippen LogP contribution is -2.41. The minimum Gasteiger partial charge on any atom is -0.496 e. The van der Waals surface area contributed by atoms with Gasteiger partial charge in [-0.25, -0.2) is 9.98 Å². The van der Waals surface area contributed by atoms with E-state index in [-0.39, 0.29) is 30.0 Å². The maximum absolute atomic E-state index is 5.55. The van der Waals surface area contributed by atoms with E-state index in [0.29, 0.717) is 19.0 Å². The number of hydrogen-bond acceptors (Lipinski definition) is 5. The van der Waals surface area contributed by atoms with Crippen LogP contribution in [-0.4, -0.2) is 50.1 Å². The van der Waals surface area contributed by atoms with E-state index < -0.39 is 0 Å². The number of thiazole rings is 1. The fourth-order valence-corrected chi connectivity index (χ4v) is 3.74. The number of nitrogens with one attached hydrogen (secondary N) is 2. The molecule has 2 rings (SSSR count). The van der Waals surface area contributed by atoms with E-state index in [1.54, 1.807) is 18.4 Å². The summed E-state index contributed by atoms with van der Waals surface area (Å²) in [6, 6.07) is 8.31. The molecule has 0 spiro atoms. The Morgan fingerprint density at radius 3 is 2.55 bits per heavy atom. The van der Waals surface area contributed by atoms with Crippen LogP contribution in [0.1, 0.15) is 49.0 Å². The van der Waals surface area contributed by atoms with Crippen LogP contribution in [0.3, 0.4) is 0 Å². The summed E-state index contributed by atoms with van der Waals surface area (Å²) in [6.07, 6.45) is 0. The van der Waals surface area contributed by atoms with Gasteiger partial charge in [0.1, 0.15) is 10.8 Å². The summed E-state index contributed by atoms with van der Waals surface area (Å²) in [5, 5.41) is 9.95. The van der Waals surface area contributed by atoms with Crippen LogP contribution in [0.4, 0.5) is 0 Å². The van der Waals surface area contributed by atoms with Gasteiger partial charge >= 0.3 is 0 Å². The summed E-state index contributed by atoms with van der Waals surface area (Å²) in [4.78, 5) is 11.6. The van der Waals surface area contributed by atoms with Crippen molar-refractivity contribution in [2.75, 3.05) is 34.3 Å². The Kier molecular flexibility index (Phi) is 11.5. The molecule has 162 valence electrons.